The number of carbonyl (C=O) groups excluding carboxylic acids is 1. The van der Waals surface area contributed by atoms with E-state index >= 15 is 0 Å². The molecule has 240 valence electrons. The minimum Gasteiger partial charge on any atom is -0.465 e. The molecule has 6 rings (SSSR count). The molecule has 12 heteroatoms. The van der Waals surface area contributed by atoms with Gasteiger partial charge < -0.3 is 29.4 Å². The lowest BCUT2D eigenvalue weighted by Crippen LogP contribution is -2.48. The summed E-state index contributed by atoms with van der Waals surface area (Å²) in [5.41, 5.74) is 1.66. The van der Waals surface area contributed by atoms with Gasteiger partial charge in [-0.15, -0.1) is 0 Å². The van der Waals surface area contributed by atoms with Crippen LogP contribution in [0, 0.1) is 0 Å². The summed E-state index contributed by atoms with van der Waals surface area (Å²) < 4.78 is 14.3. The van der Waals surface area contributed by atoms with Crippen LogP contribution in [0.5, 0.6) is 23.1 Å². The maximum Gasteiger partial charge on any atom is 0.404 e. The molecule has 2 aliphatic heterocycles. The highest BCUT2D eigenvalue weighted by Crippen LogP contribution is 2.34. The summed E-state index contributed by atoms with van der Waals surface area (Å²) in [6, 6.07) is 19.3. The third kappa shape index (κ3) is 8.01. The smallest absolute Gasteiger partial charge is 0.404 e. The Balaban J connectivity index is 0.996. The van der Waals surface area contributed by atoms with Crippen LogP contribution in [0.25, 0.3) is 11.0 Å². The molecule has 2 saturated heterocycles. The number of ether oxygens (including phenoxy) is 2. The zero-order chi connectivity index (χ0) is 31.7. The van der Waals surface area contributed by atoms with Gasteiger partial charge in [0.25, 0.3) is 0 Å². The number of rotatable bonds is 11. The molecule has 2 fully saturated rings. The van der Waals surface area contributed by atoms with Crippen molar-refractivity contribution in [2.75, 3.05) is 58.9 Å². The van der Waals surface area contributed by atoms with Crippen molar-refractivity contribution in [1.82, 2.24) is 34.6 Å². The van der Waals surface area contributed by atoms with Crippen molar-refractivity contribution in [3.63, 3.8) is 0 Å². The predicted octanol–water partition coefficient (Wildman–Crippen LogP) is 4.62. The quantitative estimate of drug-likeness (QED) is 0.230. The molecule has 0 atom stereocenters. The molecule has 2 N–H and O–H groups in total. The first-order valence-electron chi connectivity index (χ1n) is 15.7. The lowest BCUT2D eigenvalue weighted by atomic mass is 10.0. The summed E-state index contributed by atoms with van der Waals surface area (Å²) in [6.07, 6.45) is 7.86. The number of hydrogen-bond donors (Lipinski definition) is 2. The highest BCUT2D eigenvalue weighted by molar-refractivity contribution is 5.87. The van der Waals surface area contributed by atoms with Crippen molar-refractivity contribution < 1.29 is 24.2 Å². The van der Waals surface area contributed by atoms with E-state index in [2.05, 4.69) is 29.7 Å². The fourth-order valence-corrected chi connectivity index (χ4v) is 5.95. The second kappa shape index (κ2) is 14.9. The van der Waals surface area contributed by atoms with Crippen molar-refractivity contribution in [2.24, 2.45) is 0 Å². The van der Waals surface area contributed by atoms with Crippen LogP contribution in [0.3, 0.4) is 0 Å². The number of nitrogens with zero attached hydrogens (tertiary/aromatic N) is 6. The molecule has 0 radical (unpaired) electrons. The molecule has 0 bridgehead atoms. The Morgan fingerprint density at radius 2 is 1.52 bits per heavy atom. The van der Waals surface area contributed by atoms with E-state index in [1.807, 2.05) is 77.8 Å². The summed E-state index contributed by atoms with van der Waals surface area (Å²) in [5, 5.41) is 11.1. The minimum absolute atomic E-state index is 0.0428. The number of likely N-dealkylation sites (tertiary alicyclic amines) is 1. The first-order chi connectivity index (χ1) is 22.5. The first-order valence-corrected chi connectivity index (χ1v) is 15.7. The van der Waals surface area contributed by atoms with E-state index < -0.39 is 6.09 Å². The SMILES string of the molecule is O=C(O)NCCN1CCN(C/C=C/C(=O)N2CCC(n3ccc4ncnc(Oc5ccc(Oc6ccccc6)cc5)c43)CC2)CC1. The Labute approximate surface area is 267 Å². The van der Waals surface area contributed by atoms with Crippen LogP contribution in [0.4, 0.5) is 4.79 Å². The van der Waals surface area contributed by atoms with Crippen LogP contribution in [0.2, 0.25) is 0 Å². The Morgan fingerprint density at radius 3 is 2.24 bits per heavy atom. The molecule has 2 amide bonds. The number of amides is 2. The number of nitrogens with one attached hydrogen (secondary N) is 1. The second-order valence-corrected chi connectivity index (χ2v) is 11.5. The summed E-state index contributed by atoms with van der Waals surface area (Å²) >= 11 is 0. The number of carbonyl (C=O) groups is 2. The number of fused-ring (bicyclic) bond motifs is 1. The number of hydrogen-bond acceptors (Lipinski definition) is 8. The normalized spacial score (nSPS) is 16.6. The summed E-state index contributed by atoms with van der Waals surface area (Å²) in [4.78, 5) is 39.0. The van der Waals surface area contributed by atoms with E-state index in [9.17, 15) is 9.59 Å². The molecule has 4 aromatic rings. The molecule has 4 heterocycles. The van der Waals surface area contributed by atoms with E-state index in [0.717, 1.165) is 62.3 Å². The second-order valence-electron chi connectivity index (χ2n) is 11.5. The van der Waals surface area contributed by atoms with Gasteiger partial charge in [-0.2, -0.15) is 4.98 Å². The number of carboxylic acid groups (broad SMARTS) is 1. The molecular formula is C34H39N7O5. The summed E-state index contributed by atoms with van der Waals surface area (Å²) in [6.45, 7) is 6.78. The van der Waals surface area contributed by atoms with Gasteiger partial charge in [0.05, 0.1) is 5.52 Å². The predicted molar refractivity (Wildman–Crippen MR) is 173 cm³/mol. The van der Waals surface area contributed by atoms with Gasteiger partial charge in [-0.3, -0.25) is 14.6 Å². The van der Waals surface area contributed by atoms with Crippen LogP contribution >= 0.6 is 0 Å². The number of piperidine rings is 1. The molecule has 0 spiro atoms. The third-order valence-corrected chi connectivity index (χ3v) is 8.45. The fraction of sp³-hybridized carbons (Fsp3) is 0.353. The topological polar surface area (TPSA) is 125 Å². The van der Waals surface area contributed by atoms with Gasteiger partial charge in [0, 0.05) is 77.2 Å². The Hall–Kier alpha value is -4.94. The third-order valence-electron chi connectivity index (χ3n) is 8.45. The number of benzene rings is 2. The van der Waals surface area contributed by atoms with E-state index in [4.69, 9.17) is 14.6 Å². The highest BCUT2D eigenvalue weighted by atomic mass is 16.5. The number of para-hydroxylation sites is 1. The standard InChI is InChI=1S/C34H39N7O5/c42-31(7-4-16-38-21-23-39(24-22-38)20-15-35-34(43)44)40-17-12-26(13-18-40)41-19-14-30-32(41)33(37-25-36-30)46-29-10-8-28(9-11-29)45-27-5-2-1-3-6-27/h1-11,14,19,25-26,35H,12-13,15-18,20-24H2,(H,43,44)/b7-4+. The molecule has 46 heavy (non-hydrogen) atoms. The Morgan fingerprint density at radius 1 is 0.848 bits per heavy atom. The molecule has 0 aliphatic carbocycles. The summed E-state index contributed by atoms with van der Waals surface area (Å²) in [5.74, 6) is 2.67. The van der Waals surface area contributed by atoms with Gasteiger partial charge in [-0.05, 0) is 55.3 Å². The number of piperazine rings is 1. The van der Waals surface area contributed by atoms with Crippen molar-refractivity contribution in [3.8, 4) is 23.1 Å². The average molecular weight is 626 g/mol. The van der Waals surface area contributed by atoms with Gasteiger partial charge in [0.15, 0.2) is 0 Å². The molecular weight excluding hydrogens is 586 g/mol. The zero-order valence-electron chi connectivity index (χ0n) is 25.7. The first kappa shape index (κ1) is 31.1. The minimum atomic E-state index is -0.988. The molecule has 2 aromatic heterocycles. The zero-order valence-corrected chi connectivity index (χ0v) is 25.7. The van der Waals surface area contributed by atoms with Crippen molar-refractivity contribution >= 4 is 23.0 Å². The van der Waals surface area contributed by atoms with Crippen LogP contribution in [0.1, 0.15) is 18.9 Å². The monoisotopic (exact) mass is 625 g/mol. The fourth-order valence-electron chi connectivity index (χ4n) is 5.95. The maximum absolute atomic E-state index is 13.0. The molecule has 2 aliphatic rings. The molecule has 0 saturated carbocycles. The van der Waals surface area contributed by atoms with Gasteiger partial charge >= 0.3 is 6.09 Å². The van der Waals surface area contributed by atoms with Gasteiger partial charge in [0.2, 0.25) is 11.8 Å². The summed E-state index contributed by atoms with van der Waals surface area (Å²) in [7, 11) is 0. The van der Waals surface area contributed by atoms with Crippen molar-refractivity contribution in [2.45, 2.75) is 18.9 Å². The van der Waals surface area contributed by atoms with Crippen molar-refractivity contribution in [1.29, 1.82) is 0 Å². The largest absolute Gasteiger partial charge is 0.465 e. The van der Waals surface area contributed by atoms with Gasteiger partial charge in [0.1, 0.15) is 29.1 Å². The molecule has 12 nitrogen and oxygen atoms in total. The van der Waals surface area contributed by atoms with E-state index in [-0.39, 0.29) is 11.9 Å². The van der Waals surface area contributed by atoms with E-state index in [0.29, 0.717) is 43.6 Å². The van der Waals surface area contributed by atoms with E-state index in [1.165, 1.54) is 6.33 Å². The lowest BCUT2D eigenvalue weighted by Gasteiger charge is -2.34. The number of aromatic nitrogens is 3. The van der Waals surface area contributed by atoms with Gasteiger partial charge in [-0.25, -0.2) is 9.78 Å². The van der Waals surface area contributed by atoms with Crippen LogP contribution < -0.4 is 14.8 Å². The molecule has 0 unspecified atom stereocenters. The van der Waals surface area contributed by atoms with E-state index in [1.54, 1.807) is 6.08 Å². The van der Waals surface area contributed by atoms with Crippen LogP contribution in [-0.4, -0.2) is 105 Å². The van der Waals surface area contributed by atoms with Crippen molar-refractivity contribution in [3.05, 3.63) is 85.3 Å². The lowest BCUT2D eigenvalue weighted by molar-refractivity contribution is -0.127. The molecule has 2 aromatic carbocycles. The maximum atomic E-state index is 13.0. The Kier molecular flexibility index (Phi) is 10.1. The Bertz CT molecular complexity index is 1630. The average Bonchev–Trinajstić information content (AvgIpc) is 3.52. The highest BCUT2D eigenvalue weighted by Gasteiger charge is 2.25. The van der Waals surface area contributed by atoms with Gasteiger partial charge in [-0.1, -0.05) is 24.3 Å². The van der Waals surface area contributed by atoms with Crippen LogP contribution in [-0.2, 0) is 4.79 Å². The van der Waals surface area contributed by atoms with Crippen LogP contribution in [0.15, 0.2) is 85.3 Å².